The summed E-state index contributed by atoms with van der Waals surface area (Å²) in [6.45, 7) is 1.25. The Labute approximate surface area is 178 Å². The number of halogens is 2. The average Bonchev–Trinajstić information content (AvgIpc) is 3.17. The van der Waals surface area contributed by atoms with Crippen molar-refractivity contribution in [3.63, 3.8) is 0 Å². The first kappa shape index (κ1) is 21.3. The molecule has 0 atom stereocenters. The number of rotatable bonds is 7. The van der Waals surface area contributed by atoms with Gasteiger partial charge in [0.15, 0.2) is 0 Å². The van der Waals surface area contributed by atoms with Crippen molar-refractivity contribution in [3.8, 4) is 0 Å². The van der Waals surface area contributed by atoms with Crippen molar-refractivity contribution >= 4 is 44.8 Å². The van der Waals surface area contributed by atoms with Gasteiger partial charge in [0.2, 0.25) is 15.9 Å². The molecule has 3 rings (SSSR count). The SMILES string of the molecule is Cc1cc(Cl)ccc1NC(=O)CN(Cc1ccco1)S(=O)(=O)c1ccc(Cl)nc1. The third-order valence-corrected chi connectivity index (χ3v) is 6.27. The number of hydrogen-bond donors (Lipinski definition) is 1. The van der Waals surface area contributed by atoms with Crippen LogP contribution in [0, 0.1) is 6.92 Å². The quantitative estimate of drug-likeness (QED) is 0.543. The molecule has 3 aromatic rings. The van der Waals surface area contributed by atoms with E-state index in [1.807, 2.05) is 0 Å². The highest BCUT2D eigenvalue weighted by atomic mass is 35.5. The predicted octanol–water partition coefficient (Wildman–Crippen LogP) is 4.12. The first-order valence-electron chi connectivity index (χ1n) is 8.46. The molecule has 10 heteroatoms. The summed E-state index contributed by atoms with van der Waals surface area (Å²) >= 11 is 11.7. The summed E-state index contributed by atoms with van der Waals surface area (Å²) < 4.78 is 32.4. The van der Waals surface area contributed by atoms with Gasteiger partial charge in [-0.2, -0.15) is 4.31 Å². The molecule has 0 spiro atoms. The van der Waals surface area contributed by atoms with Crippen molar-refractivity contribution in [1.29, 1.82) is 0 Å². The van der Waals surface area contributed by atoms with Gasteiger partial charge < -0.3 is 9.73 Å². The van der Waals surface area contributed by atoms with E-state index >= 15 is 0 Å². The van der Waals surface area contributed by atoms with Crippen LogP contribution < -0.4 is 5.32 Å². The van der Waals surface area contributed by atoms with Crippen LogP contribution in [0.1, 0.15) is 11.3 Å². The molecule has 2 aromatic heterocycles. The number of hydrogen-bond acceptors (Lipinski definition) is 5. The zero-order valence-electron chi connectivity index (χ0n) is 15.3. The van der Waals surface area contributed by atoms with Gasteiger partial charge in [0.1, 0.15) is 15.8 Å². The van der Waals surface area contributed by atoms with Gasteiger partial charge in [-0.25, -0.2) is 13.4 Å². The van der Waals surface area contributed by atoms with Crippen LogP contribution >= 0.6 is 23.2 Å². The standard InChI is InChI=1S/C19H17Cl2N3O4S/c1-13-9-14(20)4-6-17(13)23-19(25)12-24(11-15-3-2-8-28-15)29(26,27)16-5-7-18(21)22-10-16/h2-10H,11-12H2,1H3,(H,23,25). The number of amides is 1. The zero-order valence-corrected chi connectivity index (χ0v) is 17.6. The van der Waals surface area contributed by atoms with Gasteiger partial charge in [0.25, 0.3) is 0 Å². The van der Waals surface area contributed by atoms with Crippen molar-refractivity contribution < 1.29 is 17.6 Å². The summed E-state index contributed by atoms with van der Waals surface area (Å²) in [6, 6.07) is 11.0. The topological polar surface area (TPSA) is 92.5 Å². The lowest BCUT2D eigenvalue weighted by atomic mass is 10.2. The molecule has 0 aliphatic rings. The fourth-order valence-electron chi connectivity index (χ4n) is 2.58. The van der Waals surface area contributed by atoms with Gasteiger partial charge in [-0.15, -0.1) is 0 Å². The second-order valence-corrected chi connectivity index (χ2v) is 8.94. The maximum absolute atomic E-state index is 13.1. The molecule has 152 valence electrons. The lowest BCUT2D eigenvalue weighted by Gasteiger charge is -2.21. The van der Waals surface area contributed by atoms with E-state index in [2.05, 4.69) is 10.3 Å². The lowest BCUT2D eigenvalue weighted by molar-refractivity contribution is -0.116. The van der Waals surface area contributed by atoms with E-state index in [1.165, 1.54) is 18.4 Å². The van der Waals surface area contributed by atoms with E-state index in [-0.39, 0.29) is 16.6 Å². The van der Waals surface area contributed by atoms with Crippen LogP contribution in [0.3, 0.4) is 0 Å². The van der Waals surface area contributed by atoms with Gasteiger partial charge >= 0.3 is 0 Å². The molecule has 0 bridgehead atoms. The number of nitrogens with zero attached hydrogens (tertiary/aromatic N) is 2. The first-order chi connectivity index (χ1) is 13.8. The lowest BCUT2D eigenvalue weighted by Crippen LogP contribution is -2.37. The summed E-state index contributed by atoms with van der Waals surface area (Å²) in [5, 5.41) is 3.41. The fraction of sp³-hybridized carbons (Fsp3) is 0.158. The monoisotopic (exact) mass is 453 g/mol. The Morgan fingerprint density at radius 3 is 2.62 bits per heavy atom. The van der Waals surface area contributed by atoms with E-state index in [4.69, 9.17) is 27.6 Å². The number of aromatic nitrogens is 1. The molecule has 1 amide bonds. The van der Waals surface area contributed by atoms with Crippen molar-refractivity contribution in [1.82, 2.24) is 9.29 Å². The van der Waals surface area contributed by atoms with Crippen LogP contribution in [0.5, 0.6) is 0 Å². The minimum atomic E-state index is -4.03. The third-order valence-electron chi connectivity index (χ3n) is 4.03. The molecule has 1 N–H and O–H groups in total. The largest absolute Gasteiger partial charge is 0.468 e. The smallest absolute Gasteiger partial charge is 0.245 e. The van der Waals surface area contributed by atoms with E-state index in [9.17, 15) is 13.2 Å². The summed E-state index contributed by atoms with van der Waals surface area (Å²) in [6.07, 6.45) is 2.58. The summed E-state index contributed by atoms with van der Waals surface area (Å²) in [5.74, 6) is -0.113. The number of aryl methyl sites for hydroxylation is 1. The Morgan fingerprint density at radius 2 is 2.00 bits per heavy atom. The molecule has 2 heterocycles. The number of furan rings is 1. The molecular weight excluding hydrogens is 437 g/mol. The van der Waals surface area contributed by atoms with Crippen LogP contribution in [-0.2, 0) is 21.4 Å². The molecule has 29 heavy (non-hydrogen) atoms. The third kappa shape index (κ3) is 5.36. The van der Waals surface area contributed by atoms with Gasteiger partial charge in [-0.1, -0.05) is 23.2 Å². The number of carbonyl (C=O) groups is 1. The van der Waals surface area contributed by atoms with Crippen LogP contribution in [0.15, 0.2) is 64.2 Å². The molecule has 0 unspecified atom stereocenters. The molecule has 0 saturated heterocycles. The summed E-state index contributed by atoms with van der Waals surface area (Å²) in [4.78, 5) is 16.3. The van der Waals surface area contributed by atoms with Gasteiger partial charge in [-0.05, 0) is 55.0 Å². The number of pyridine rings is 1. The number of sulfonamides is 1. The highest BCUT2D eigenvalue weighted by Crippen LogP contribution is 2.22. The molecule has 0 aliphatic carbocycles. The Morgan fingerprint density at radius 1 is 1.21 bits per heavy atom. The van der Waals surface area contributed by atoms with Crippen molar-refractivity contribution in [2.45, 2.75) is 18.4 Å². The second kappa shape index (κ2) is 8.96. The zero-order chi connectivity index (χ0) is 21.0. The molecule has 1 aromatic carbocycles. The Kier molecular flexibility index (Phi) is 6.59. The van der Waals surface area contributed by atoms with Gasteiger partial charge in [-0.3, -0.25) is 4.79 Å². The maximum Gasteiger partial charge on any atom is 0.245 e. The number of anilines is 1. The highest BCUT2D eigenvalue weighted by Gasteiger charge is 2.28. The number of benzene rings is 1. The van der Waals surface area contributed by atoms with Crippen molar-refractivity contribution in [2.75, 3.05) is 11.9 Å². The number of nitrogens with one attached hydrogen (secondary N) is 1. The minimum absolute atomic E-state index is 0.0797. The highest BCUT2D eigenvalue weighted by molar-refractivity contribution is 7.89. The van der Waals surface area contributed by atoms with Crippen LogP contribution in [0.4, 0.5) is 5.69 Å². The molecule has 0 radical (unpaired) electrons. The Hall–Kier alpha value is -2.39. The number of carbonyl (C=O) groups excluding carboxylic acids is 1. The normalized spacial score (nSPS) is 11.6. The van der Waals surface area contributed by atoms with Gasteiger partial charge in [0.05, 0.1) is 19.4 Å². The molecule has 0 saturated carbocycles. The van der Waals surface area contributed by atoms with Crippen molar-refractivity contribution in [3.05, 3.63) is 76.4 Å². The van der Waals surface area contributed by atoms with Crippen molar-refractivity contribution in [2.24, 2.45) is 0 Å². The fourth-order valence-corrected chi connectivity index (χ4v) is 4.23. The second-order valence-electron chi connectivity index (χ2n) is 6.18. The van der Waals surface area contributed by atoms with Crippen LogP contribution in [0.25, 0.3) is 0 Å². The molecular formula is C19H17Cl2N3O4S. The summed E-state index contributed by atoms with van der Waals surface area (Å²) in [7, 11) is -4.03. The minimum Gasteiger partial charge on any atom is -0.468 e. The van der Waals surface area contributed by atoms with Crippen LogP contribution in [-0.4, -0.2) is 30.2 Å². The molecule has 0 fully saturated rings. The van der Waals surface area contributed by atoms with E-state index in [0.29, 0.717) is 16.5 Å². The van der Waals surface area contributed by atoms with Gasteiger partial charge in [0, 0.05) is 16.9 Å². The van der Waals surface area contributed by atoms with E-state index in [1.54, 1.807) is 37.3 Å². The average molecular weight is 454 g/mol. The Bertz CT molecular complexity index is 1100. The van der Waals surface area contributed by atoms with Crippen LogP contribution in [0.2, 0.25) is 10.2 Å². The predicted molar refractivity (Wildman–Crippen MR) is 110 cm³/mol. The maximum atomic E-state index is 13.1. The Balaban J connectivity index is 1.85. The molecule has 0 aliphatic heterocycles. The van der Waals surface area contributed by atoms with E-state index in [0.717, 1.165) is 16.1 Å². The molecule has 7 nitrogen and oxygen atoms in total. The summed E-state index contributed by atoms with van der Waals surface area (Å²) in [5.41, 5.74) is 1.30. The first-order valence-corrected chi connectivity index (χ1v) is 10.7. The van der Waals surface area contributed by atoms with E-state index < -0.39 is 22.5 Å².